The molecule has 0 atom stereocenters. The summed E-state index contributed by atoms with van der Waals surface area (Å²) >= 11 is 0. The van der Waals surface area contributed by atoms with Crippen LogP contribution in [-0.2, 0) is 0 Å². The van der Waals surface area contributed by atoms with Crippen LogP contribution in [0.25, 0.3) is 5.69 Å². The standard InChI is InChI=1S/C16H18N2O4/c1-2-3-8-17-16(21)22-14-6-4-5-13(10-14)18-9-7-12(11-18)15(19)20/h4-7,9-11H,2-3,8H2,1H3,(H,17,21)(H,19,20). The molecular weight excluding hydrogens is 284 g/mol. The molecule has 0 radical (unpaired) electrons. The zero-order valence-corrected chi connectivity index (χ0v) is 12.3. The van der Waals surface area contributed by atoms with E-state index >= 15 is 0 Å². The Morgan fingerprint density at radius 1 is 1.32 bits per heavy atom. The van der Waals surface area contributed by atoms with Gasteiger partial charge in [0, 0.05) is 30.7 Å². The van der Waals surface area contributed by atoms with Crippen molar-refractivity contribution in [3.8, 4) is 11.4 Å². The topological polar surface area (TPSA) is 80.6 Å². The van der Waals surface area contributed by atoms with Crippen molar-refractivity contribution in [2.75, 3.05) is 6.54 Å². The third-order valence-corrected chi connectivity index (χ3v) is 3.07. The highest BCUT2D eigenvalue weighted by molar-refractivity contribution is 5.87. The number of ether oxygens (including phenoxy) is 1. The maximum absolute atomic E-state index is 11.6. The first-order chi connectivity index (χ1) is 10.6. The molecule has 0 aliphatic heterocycles. The molecule has 1 heterocycles. The molecule has 6 heteroatoms. The Morgan fingerprint density at radius 3 is 2.82 bits per heavy atom. The summed E-state index contributed by atoms with van der Waals surface area (Å²) in [7, 11) is 0. The van der Waals surface area contributed by atoms with E-state index in [1.54, 1.807) is 35.0 Å². The Hall–Kier alpha value is -2.76. The fraction of sp³-hybridized carbons (Fsp3) is 0.250. The molecule has 0 saturated carbocycles. The fourth-order valence-corrected chi connectivity index (χ4v) is 1.90. The van der Waals surface area contributed by atoms with Gasteiger partial charge in [0.15, 0.2) is 0 Å². The summed E-state index contributed by atoms with van der Waals surface area (Å²) in [6.07, 6.45) is 4.54. The molecule has 2 rings (SSSR count). The van der Waals surface area contributed by atoms with Gasteiger partial charge in [-0.25, -0.2) is 9.59 Å². The van der Waals surface area contributed by atoms with Gasteiger partial charge in [0.1, 0.15) is 5.75 Å². The molecule has 1 aromatic heterocycles. The third kappa shape index (κ3) is 4.12. The molecule has 6 nitrogen and oxygen atoms in total. The number of benzene rings is 1. The minimum Gasteiger partial charge on any atom is -0.478 e. The molecule has 2 aromatic rings. The lowest BCUT2D eigenvalue weighted by molar-refractivity contribution is 0.0697. The fourth-order valence-electron chi connectivity index (χ4n) is 1.90. The van der Waals surface area contributed by atoms with Crippen LogP contribution in [-0.4, -0.2) is 28.3 Å². The predicted molar refractivity (Wildman–Crippen MR) is 81.7 cm³/mol. The molecule has 0 unspecified atom stereocenters. The van der Waals surface area contributed by atoms with E-state index in [-0.39, 0.29) is 5.56 Å². The summed E-state index contributed by atoms with van der Waals surface area (Å²) in [5, 5.41) is 11.6. The first kappa shape index (κ1) is 15.6. The van der Waals surface area contributed by atoms with E-state index < -0.39 is 12.1 Å². The highest BCUT2D eigenvalue weighted by Crippen LogP contribution is 2.18. The second-order valence-corrected chi connectivity index (χ2v) is 4.78. The summed E-state index contributed by atoms with van der Waals surface area (Å²) in [6.45, 7) is 2.62. The molecule has 2 N–H and O–H groups in total. The van der Waals surface area contributed by atoms with Crippen molar-refractivity contribution >= 4 is 12.1 Å². The molecule has 22 heavy (non-hydrogen) atoms. The lowest BCUT2D eigenvalue weighted by Gasteiger charge is -2.08. The lowest BCUT2D eigenvalue weighted by Crippen LogP contribution is -2.27. The van der Waals surface area contributed by atoms with Gasteiger partial charge in [-0.05, 0) is 24.6 Å². The van der Waals surface area contributed by atoms with Crippen LogP contribution in [0.2, 0.25) is 0 Å². The molecule has 0 fully saturated rings. The van der Waals surface area contributed by atoms with Crippen LogP contribution in [0.4, 0.5) is 4.79 Å². The van der Waals surface area contributed by atoms with Crippen LogP contribution in [0, 0.1) is 0 Å². The maximum Gasteiger partial charge on any atom is 0.412 e. The second-order valence-electron chi connectivity index (χ2n) is 4.78. The average molecular weight is 302 g/mol. The van der Waals surface area contributed by atoms with E-state index in [9.17, 15) is 9.59 Å². The van der Waals surface area contributed by atoms with Crippen molar-refractivity contribution in [2.45, 2.75) is 19.8 Å². The average Bonchev–Trinajstić information content (AvgIpc) is 2.98. The number of hydrogen-bond acceptors (Lipinski definition) is 3. The Balaban J connectivity index is 2.06. The van der Waals surface area contributed by atoms with Crippen LogP contribution in [0.3, 0.4) is 0 Å². The van der Waals surface area contributed by atoms with Crippen LogP contribution in [0.1, 0.15) is 30.1 Å². The number of nitrogens with zero attached hydrogens (tertiary/aromatic N) is 1. The first-order valence-electron chi connectivity index (χ1n) is 7.07. The lowest BCUT2D eigenvalue weighted by atomic mass is 10.3. The predicted octanol–water partition coefficient (Wildman–Crippen LogP) is 3.06. The number of rotatable bonds is 6. The summed E-state index contributed by atoms with van der Waals surface area (Å²) < 4.78 is 6.86. The van der Waals surface area contributed by atoms with Gasteiger partial charge in [0.05, 0.1) is 5.56 Å². The quantitative estimate of drug-likeness (QED) is 0.804. The smallest absolute Gasteiger partial charge is 0.412 e. The largest absolute Gasteiger partial charge is 0.478 e. The number of aromatic nitrogens is 1. The van der Waals surface area contributed by atoms with E-state index in [1.807, 2.05) is 6.92 Å². The highest BCUT2D eigenvalue weighted by atomic mass is 16.6. The maximum atomic E-state index is 11.6. The van der Waals surface area contributed by atoms with Gasteiger partial charge in [0.25, 0.3) is 0 Å². The van der Waals surface area contributed by atoms with Crippen LogP contribution < -0.4 is 10.1 Å². The van der Waals surface area contributed by atoms with Gasteiger partial charge in [-0.1, -0.05) is 19.4 Å². The van der Waals surface area contributed by atoms with E-state index in [4.69, 9.17) is 9.84 Å². The van der Waals surface area contributed by atoms with Crippen molar-refractivity contribution in [3.05, 3.63) is 48.3 Å². The van der Waals surface area contributed by atoms with Gasteiger partial charge < -0.3 is 19.7 Å². The van der Waals surface area contributed by atoms with Gasteiger partial charge in [-0.3, -0.25) is 0 Å². The van der Waals surface area contributed by atoms with E-state index in [0.717, 1.165) is 12.8 Å². The van der Waals surface area contributed by atoms with Gasteiger partial charge in [0.2, 0.25) is 0 Å². The monoisotopic (exact) mass is 302 g/mol. The zero-order valence-electron chi connectivity index (χ0n) is 12.3. The van der Waals surface area contributed by atoms with Crippen LogP contribution in [0.5, 0.6) is 5.75 Å². The molecule has 0 spiro atoms. The molecule has 1 aromatic carbocycles. The number of aromatic carboxylic acids is 1. The Bertz CT molecular complexity index is 664. The zero-order chi connectivity index (χ0) is 15.9. The Kier molecular flexibility index (Phi) is 5.19. The van der Waals surface area contributed by atoms with Crippen molar-refractivity contribution in [3.63, 3.8) is 0 Å². The molecule has 0 bridgehead atoms. The minimum absolute atomic E-state index is 0.198. The Labute approximate surface area is 128 Å². The van der Waals surface area contributed by atoms with E-state index in [1.165, 1.54) is 12.3 Å². The summed E-state index contributed by atoms with van der Waals surface area (Å²) in [5.74, 6) is -0.585. The highest BCUT2D eigenvalue weighted by Gasteiger charge is 2.08. The number of unbranched alkanes of at least 4 members (excludes halogenated alkanes) is 1. The van der Waals surface area contributed by atoms with E-state index in [2.05, 4.69) is 5.32 Å². The van der Waals surface area contributed by atoms with Crippen molar-refractivity contribution in [1.29, 1.82) is 0 Å². The number of carbonyl (C=O) groups excluding carboxylic acids is 1. The van der Waals surface area contributed by atoms with Gasteiger partial charge >= 0.3 is 12.1 Å². The summed E-state index contributed by atoms with van der Waals surface area (Å²) in [6, 6.07) is 8.39. The van der Waals surface area contributed by atoms with Gasteiger partial charge in [-0.15, -0.1) is 0 Å². The van der Waals surface area contributed by atoms with Crippen molar-refractivity contribution in [1.82, 2.24) is 9.88 Å². The molecule has 1 amide bonds. The number of carboxylic acids is 1. The molecule has 0 aliphatic rings. The van der Waals surface area contributed by atoms with E-state index in [0.29, 0.717) is 18.0 Å². The SMILES string of the molecule is CCCCNC(=O)Oc1cccc(-n2ccc(C(=O)O)c2)c1. The number of amides is 1. The summed E-state index contributed by atoms with van der Waals surface area (Å²) in [4.78, 5) is 22.5. The van der Waals surface area contributed by atoms with Crippen LogP contribution in [0.15, 0.2) is 42.7 Å². The molecular formula is C16H18N2O4. The van der Waals surface area contributed by atoms with Gasteiger partial charge in [-0.2, -0.15) is 0 Å². The summed E-state index contributed by atoms with van der Waals surface area (Å²) in [5.41, 5.74) is 0.912. The number of carboxylic acid groups (broad SMARTS) is 1. The molecule has 0 aliphatic carbocycles. The third-order valence-electron chi connectivity index (χ3n) is 3.07. The van der Waals surface area contributed by atoms with Crippen molar-refractivity contribution in [2.24, 2.45) is 0 Å². The number of carbonyl (C=O) groups is 2. The minimum atomic E-state index is -0.985. The van der Waals surface area contributed by atoms with Crippen LogP contribution >= 0.6 is 0 Å². The molecule has 116 valence electrons. The first-order valence-corrected chi connectivity index (χ1v) is 7.07. The normalized spacial score (nSPS) is 10.2. The van der Waals surface area contributed by atoms with Crippen molar-refractivity contribution < 1.29 is 19.4 Å². The number of hydrogen-bond donors (Lipinski definition) is 2. The second kappa shape index (κ2) is 7.31. The molecule has 0 saturated heterocycles. The number of nitrogens with one attached hydrogen (secondary N) is 1. The Morgan fingerprint density at radius 2 is 2.14 bits per heavy atom.